The van der Waals surface area contributed by atoms with Gasteiger partial charge in [0, 0.05) is 22.1 Å². The number of halogens is 2. The number of nitrogens with zero attached hydrogens (tertiary/aromatic N) is 1. The number of unbranched alkanes of at least 4 members (excludes halogenated alkanes) is 4. The molecule has 6 atom stereocenters. The van der Waals surface area contributed by atoms with Gasteiger partial charge in [-0.05, 0) is 36.8 Å². The number of imide groups is 1. The van der Waals surface area contributed by atoms with Crippen LogP contribution >= 0.6 is 31.9 Å². The molecule has 1 saturated heterocycles. The van der Waals surface area contributed by atoms with Gasteiger partial charge in [-0.15, -0.1) is 0 Å². The number of amides is 2. The van der Waals surface area contributed by atoms with E-state index in [1.807, 2.05) is 0 Å². The Hall–Kier alpha value is -1.21. The first-order chi connectivity index (χ1) is 14.4. The molecule has 0 radical (unpaired) electrons. The fraction of sp³-hybridized carbons (Fsp3) is 0.609. The first kappa shape index (κ1) is 22.0. The largest absolute Gasteiger partial charge is 0.426 e. The van der Waals surface area contributed by atoms with Crippen LogP contribution in [-0.2, 0) is 14.4 Å². The molecule has 5 nitrogen and oxygen atoms in total. The summed E-state index contributed by atoms with van der Waals surface area (Å²) in [6.45, 7) is 2.16. The number of ether oxygens (including phenoxy) is 1. The Morgan fingerprint density at radius 2 is 1.67 bits per heavy atom. The molecule has 1 aromatic rings. The van der Waals surface area contributed by atoms with E-state index in [2.05, 4.69) is 38.8 Å². The maximum atomic E-state index is 13.2. The van der Waals surface area contributed by atoms with Crippen LogP contribution in [0, 0.1) is 23.7 Å². The van der Waals surface area contributed by atoms with Gasteiger partial charge in [-0.2, -0.15) is 0 Å². The van der Waals surface area contributed by atoms with Gasteiger partial charge in [0.05, 0.1) is 17.5 Å². The van der Waals surface area contributed by atoms with Gasteiger partial charge in [-0.1, -0.05) is 70.5 Å². The lowest BCUT2D eigenvalue weighted by Crippen LogP contribution is -2.37. The van der Waals surface area contributed by atoms with E-state index in [0.29, 0.717) is 17.9 Å². The molecule has 1 aromatic carbocycles. The van der Waals surface area contributed by atoms with Crippen molar-refractivity contribution in [2.45, 2.75) is 61.5 Å². The highest BCUT2D eigenvalue weighted by atomic mass is 79.9. The molecule has 0 aromatic heterocycles. The lowest BCUT2D eigenvalue weighted by molar-refractivity contribution is -0.134. The number of hydrogen-bond acceptors (Lipinski definition) is 4. The third-order valence-electron chi connectivity index (χ3n) is 6.78. The Morgan fingerprint density at radius 1 is 1.03 bits per heavy atom. The first-order valence-electron chi connectivity index (χ1n) is 10.9. The van der Waals surface area contributed by atoms with Crippen LogP contribution in [0.3, 0.4) is 0 Å². The SMILES string of the molecule is CCCCCCCC(=O)Oc1cccc(N2C(=O)[C@@H]3[C@H]4C[C@@H]([C@H](Br)[C@@H]4Br)[C@@H]3C2=O)c1. The van der Waals surface area contributed by atoms with Gasteiger partial charge in [0.2, 0.25) is 11.8 Å². The fourth-order valence-electron chi connectivity index (χ4n) is 5.34. The molecule has 7 heteroatoms. The lowest BCUT2D eigenvalue weighted by atomic mass is 9.81. The van der Waals surface area contributed by atoms with Crippen molar-refractivity contribution >= 4 is 55.3 Å². The number of carbonyl (C=O) groups is 3. The first-order valence-corrected chi connectivity index (χ1v) is 12.7. The second kappa shape index (κ2) is 9.11. The van der Waals surface area contributed by atoms with Gasteiger partial charge in [0.25, 0.3) is 0 Å². The van der Waals surface area contributed by atoms with Gasteiger partial charge < -0.3 is 4.74 Å². The van der Waals surface area contributed by atoms with Crippen molar-refractivity contribution in [2.24, 2.45) is 23.7 Å². The molecule has 4 rings (SSSR count). The molecule has 3 aliphatic rings. The number of rotatable bonds is 8. The maximum absolute atomic E-state index is 13.2. The third kappa shape index (κ3) is 3.88. The van der Waals surface area contributed by atoms with Crippen molar-refractivity contribution in [1.82, 2.24) is 0 Å². The monoisotopic (exact) mass is 539 g/mol. The summed E-state index contributed by atoms with van der Waals surface area (Å²) in [5, 5.41) is 0. The lowest BCUT2D eigenvalue weighted by Gasteiger charge is -2.28. The zero-order valence-electron chi connectivity index (χ0n) is 17.1. The minimum atomic E-state index is -0.276. The predicted octanol–water partition coefficient (Wildman–Crippen LogP) is 5.23. The van der Waals surface area contributed by atoms with Crippen LogP contribution in [0.5, 0.6) is 5.75 Å². The predicted molar refractivity (Wildman–Crippen MR) is 122 cm³/mol. The third-order valence-corrected chi connectivity index (χ3v) is 9.99. The second-order valence-electron chi connectivity index (χ2n) is 8.65. The molecule has 0 N–H and O–H groups in total. The average molecular weight is 541 g/mol. The number of anilines is 1. The van der Waals surface area contributed by atoms with Crippen LogP contribution in [-0.4, -0.2) is 27.4 Å². The number of alkyl halides is 2. The van der Waals surface area contributed by atoms with Crippen molar-refractivity contribution in [3.8, 4) is 5.75 Å². The van der Waals surface area contributed by atoms with Crippen LogP contribution in [0.1, 0.15) is 51.9 Å². The van der Waals surface area contributed by atoms with Gasteiger partial charge in [-0.25, -0.2) is 4.90 Å². The van der Waals surface area contributed by atoms with E-state index in [1.165, 1.54) is 17.7 Å². The Balaban J connectivity index is 1.43. The van der Waals surface area contributed by atoms with Crippen LogP contribution in [0.15, 0.2) is 24.3 Å². The van der Waals surface area contributed by atoms with E-state index in [1.54, 1.807) is 24.3 Å². The molecule has 1 heterocycles. The van der Waals surface area contributed by atoms with Gasteiger partial charge in [0.15, 0.2) is 0 Å². The van der Waals surface area contributed by atoms with Crippen molar-refractivity contribution < 1.29 is 19.1 Å². The topological polar surface area (TPSA) is 63.7 Å². The second-order valence-corrected chi connectivity index (χ2v) is 10.8. The Morgan fingerprint density at radius 3 is 2.30 bits per heavy atom. The average Bonchev–Trinajstić information content (AvgIpc) is 3.33. The van der Waals surface area contributed by atoms with E-state index in [9.17, 15) is 14.4 Å². The normalized spacial score (nSPS) is 32.0. The summed E-state index contributed by atoms with van der Waals surface area (Å²) < 4.78 is 5.47. The quantitative estimate of drug-likeness (QED) is 0.149. The molecule has 3 fully saturated rings. The van der Waals surface area contributed by atoms with Crippen molar-refractivity contribution in [2.75, 3.05) is 4.90 Å². The highest BCUT2D eigenvalue weighted by Gasteiger charge is 2.66. The van der Waals surface area contributed by atoms with Crippen LogP contribution in [0.25, 0.3) is 0 Å². The number of benzene rings is 1. The molecule has 162 valence electrons. The van der Waals surface area contributed by atoms with Crippen molar-refractivity contribution in [3.63, 3.8) is 0 Å². The fourth-order valence-corrected chi connectivity index (χ4v) is 7.22. The summed E-state index contributed by atoms with van der Waals surface area (Å²) in [5.41, 5.74) is 0.490. The summed E-state index contributed by atoms with van der Waals surface area (Å²) in [6, 6.07) is 6.78. The molecule has 2 bridgehead atoms. The van der Waals surface area contributed by atoms with Gasteiger partial charge in [-0.3, -0.25) is 14.4 Å². The summed E-state index contributed by atoms with van der Waals surface area (Å²) in [4.78, 5) is 40.2. The smallest absolute Gasteiger partial charge is 0.311 e. The molecular weight excluding hydrogens is 514 g/mol. The van der Waals surface area contributed by atoms with Crippen LogP contribution in [0.2, 0.25) is 0 Å². The van der Waals surface area contributed by atoms with E-state index in [4.69, 9.17) is 4.74 Å². The number of hydrogen-bond donors (Lipinski definition) is 0. The van der Waals surface area contributed by atoms with Crippen LogP contribution < -0.4 is 9.64 Å². The highest BCUT2D eigenvalue weighted by molar-refractivity contribution is 9.12. The van der Waals surface area contributed by atoms with E-state index >= 15 is 0 Å². The molecular formula is C23H27Br2NO4. The van der Waals surface area contributed by atoms with E-state index < -0.39 is 0 Å². The Kier molecular flexibility index (Phi) is 6.68. The van der Waals surface area contributed by atoms with E-state index in [0.717, 1.165) is 25.7 Å². The standard InChI is InChI=1S/C23H27Br2NO4/c1-2-3-4-5-6-10-17(27)30-14-9-7-8-13(11-14)26-22(28)18-15-12-16(19(18)23(26)29)21(25)20(15)24/h7-9,11,15-16,18-21H,2-6,10,12H2,1H3/t15-,16-,18-,19+,20-,21+/m1/s1. The zero-order valence-corrected chi connectivity index (χ0v) is 20.2. The number of fused-ring (bicyclic) bond motifs is 5. The minimum Gasteiger partial charge on any atom is -0.426 e. The molecule has 2 amide bonds. The van der Waals surface area contributed by atoms with Gasteiger partial charge >= 0.3 is 5.97 Å². The van der Waals surface area contributed by atoms with Crippen LogP contribution in [0.4, 0.5) is 5.69 Å². The molecule has 0 unspecified atom stereocenters. The summed E-state index contributed by atoms with van der Waals surface area (Å²) in [5.74, 6) is -0.295. The summed E-state index contributed by atoms with van der Waals surface area (Å²) in [7, 11) is 0. The van der Waals surface area contributed by atoms with Gasteiger partial charge in [0.1, 0.15) is 5.75 Å². The molecule has 2 aliphatic carbocycles. The van der Waals surface area contributed by atoms with E-state index in [-0.39, 0.29) is 51.1 Å². The molecule has 0 spiro atoms. The Bertz CT molecular complexity index is 812. The summed E-state index contributed by atoms with van der Waals surface area (Å²) >= 11 is 7.41. The van der Waals surface area contributed by atoms with Crippen molar-refractivity contribution in [1.29, 1.82) is 0 Å². The number of esters is 1. The molecule has 2 saturated carbocycles. The molecule has 1 aliphatic heterocycles. The molecule has 30 heavy (non-hydrogen) atoms. The summed E-state index contributed by atoms with van der Waals surface area (Å²) in [6.07, 6.45) is 6.60. The maximum Gasteiger partial charge on any atom is 0.311 e. The zero-order chi connectivity index (χ0) is 21.4. The minimum absolute atomic E-state index is 0.124. The highest BCUT2D eigenvalue weighted by Crippen LogP contribution is 2.60. The van der Waals surface area contributed by atoms with Crippen molar-refractivity contribution in [3.05, 3.63) is 24.3 Å². The Labute approximate surface area is 194 Å². The number of carbonyl (C=O) groups excluding carboxylic acids is 3.